The Kier molecular flexibility index (Phi) is 5.16. The molecule has 1 heterocycles. The van der Waals surface area contributed by atoms with Gasteiger partial charge in [0.25, 0.3) is 11.8 Å². The number of rotatable bonds is 4. The van der Waals surface area contributed by atoms with Crippen molar-refractivity contribution in [3.05, 3.63) is 51.5 Å². The molecule has 0 saturated carbocycles. The average molecular weight is 409 g/mol. The van der Waals surface area contributed by atoms with Crippen LogP contribution in [-0.4, -0.2) is 31.1 Å². The van der Waals surface area contributed by atoms with Gasteiger partial charge in [-0.15, -0.1) is 0 Å². The highest BCUT2D eigenvalue weighted by Gasteiger charge is 2.34. The summed E-state index contributed by atoms with van der Waals surface area (Å²) in [6.07, 6.45) is 1.37. The van der Waals surface area contributed by atoms with Crippen molar-refractivity contribution in [2.75, 3.05) is 19.2 Å². The van der Waals surface area contributed by atoms with E-state index in [2.05, 4.69) is 5.43 Å². The monoisotopic (exact) mass is 408 g/mol. The summed E-state index contributed by atoms with van der Waals surface area (Å²) in [4.78, 5) is 25.0. The van der Waals surface area contributed by atoms with E-state index in [9.17, 15) is 14.7 Å². The standard InChI is InChI=1S/C18H14Cl2N2O5/c1-26-14-6-9(7-15(27-2)16(14)23)5-11-17(24)21-22(18(11)25)10-3-4-12(19)13(20)8-10/h3-8,23H,1-2H3,(H,21,24)/b11-5+. The van der Waals surface area contributed by atoms with Gasteiger partial charge in [-0.05, 0) is 42.0 Å². The van der Waals surface area contributed by atoms with Crippen LogP contribution in [0.4, 0.5) is 5.69 Å². The van der Waals surface area contributed by atoms with Crippen molar-refractivity contribution in [2.45, 2.75) is 0 Å². The highest BCUT2D eigenvalue weighted by molar-refractivity contribution is 6.42. The Bertz CT molecular complexity index is 949. The molecule has 0 bridgehead atoms. The highest BCUT2D eigenvalue weighted by Crippen LogP contribution is 2.38. The van der Waals surface area contributed by atoms with Crippen molar-refractivity contribution in [3.8, 4) is 17.2 Å². The molecule has 1 aliphatic rings. The second kappa shape index (κ2) is 7.38. The molecule has 27 heavy (non-hydrogen) atoms. The fourth-order valence-electron chi connectivity index (χ4n) is 2.53. The summed E-state index contributed by atoms with van der Waals surface area (Å²) < 4.78 is 10.2. The lowest BCUT2D eigenvalue weighted by Crippen LogP contribution is -2.35. The van der Waals surface area contributed by atoms with Gasteiger partial charge in [0.1, 0.15) is 5.57 Å². The summed E-state index contributed by atoms with van der Waals surface area (Å²) in [7, 11) is 2.76. The topological polar surface area (TPSA) is 88.1 Å². The highest BCUT2D eigenvalue weighted by atomic mass is 35.5. The van der Waals surface area contributed by atoms with E-state index in [-0.39, 0.29) is 27.8 Å². The molecule has 1 aliphatic heterocycles. The molecule has 0 unspecified atom stereocenters. The third kappa shape index (κ3) is 3.51. The summed E-state index contributed by atoms with van der Waals surface area (Å²) in [6, 6.07) is 7.51. The number of hydrogen-bond donors (Lipinski definition) is 2. The molecular formula is C18H14Cl2N2O5. The third-order valence-electron chi connectivity index (χ3n) is 3.87. The second-order valence-corrected chi connectivity index (χ2v) is 6.33. The number of halogens is 2. The van der Waals surface area contributed by atoms with Crippen LogP contribution in [0.3, 0.4) is 0 Å². The molecule has 2 aromatic carbocycles. The molecular weight excluding hydrogens is 395 g/mol. The van der Waals surface area contributed by atoms with Gasteiger partial charge in [-0.25, -0.2) is 5.01 Å². The van der Waals surface area contributed by atoms with Crippen molar-refractivity contribution < 1.29 is 24.2 Å². The third-order valence-corrected chi connectivity index (χ3v) is 4.61. The van der Waals surface area contributed by atoms with E-state index in [0.29, 0.717) is 16.3 Å². The van der Waals surface area contributed by atoms with Gasteiger partial charge in [-0.3, -0.25) is 15.0 Å². The Hall–Kier alpha value is -2.90. The van der Waals surface area contributed by atoms with Crippen molar-refractivity contribution in [2.24, 2.45) is 0 Å². The van der Waals surface area contributed by atoms with Gasteiger partial charge in [0.2, 0.25) is 5.75 Å². The summed E-state index contributed by atoms with van der Waals surface area (Å²) >= 11 is 11.9. The zero-order valence-electron chi connectivity index (χ0n) is 14.2. The normalized spacial score (nSPS) is 15.3. The van der Waals surface area contributed by atoms with Gasteiger partial charge in [0.15, 0.2) is 11.5 Å². The van der Waals surface area contributed by atoms with Gasteiger partial charge in [0.05, 0.1) is 30.0 Å². The Morgan fingerprint density at radius 3 is 2.22 bits per heavy atom. The first-order chi connectivity index (χ1) is 12.8. The average Bonchev–Trinajstić information content (AvgIpc) is 2.93. The van der Waals surface area contributed by atoms with Crippen LogP contribution >= 0.6 is 23.2 Å². The number of carbonyl (C=O) groups is 2. The number of nitrogens with zero attached hydrogens (tertiary/aromatic N) is 1. The molecule has 7 nitrogen and oxygen atoms in total. The quantitative estimate of drug-likeness (QED) is 0.598. The van der Waals surface area contributed by atoms with Crippen molar-refractivity contribution >= 4 is 46.8 Å². The predicted molar refractivity (Wildman–Crippen MR) is 101 cm³/mol. The summed E-state index contributed by atoms with van der Waals surface area (Å²) in [5.41, 5.74) is 3.18. The first kappa shape index (κ1) is 18.9. The maximum Gasteiger partial charge on any atom is 0.282 e. The number of amides is 2. The number of carbonyl (C=O) groups excluding carboxylic acids is 2. The Morgan fingerprint density at radius 1 is 1.04 bits per heavy atom. The molecule has 1 saturated heterocycles. The first-order valence-corrected chi connectivity index (χ1v) is 8.38. The number of phenols is 1. The number of ether oxygens (including phenoxy) is 2. The van der Waals surface area contributed by atoms with E-state index >= 15 is 0 Å². The lowest BCUT2D eigenvalue weighted by atomic mass is 10.1. The predicted octanol–water partition coefficient (Wildman–Crippen LogP) is 3.18. The SMILES string of the molecule is COc1cc(/C=C2\C(=O)NN(c3ccc(Cl)c(Cl)c3)C2=O)cc(OC)c1O. The van der Waals surface area contributed by atoms with Crippen LogP contribution in [0, 0.1) is 0 Å². The molecule has 2 aromatic rings. The summed E-state index contributed by atoms with van der Waals surface area (Å²) in [5, 5.41) is 11.6. The number of benzene rings is 2. The zero-order valence-corrected chi connectivity index (χ0v) is 15.8. The van der Waals surface area contributed by atoms with E-state index in [0.717, 1.165) is 5.01 Å². The lowest BCUT2D eigenvalue weighted by Gasteiger charge is -2.15. The molecule has 1 fully saturated rings. The van der Waals surface area contributed by atoms with E-state index in [4.69, 9.17) is 32.7 Å². The molecule has 140 valence electrons. The summed E-state index contributed by atoms with van der Waals surface area (Å²) in [6.45, 7) is 0. The largest absolute Gasteiger partial charge is 0.502 e. The van der Waals surface area contributed by atoms with E-state index in [1.165, 1.54) is 44.6 Å². The fourth-order valence-corrected chi connectivity index (χ4v) is 2.82. The van der Waals surface area contributed by atoms with Gasteiger partial charge in [-0.2, -0.15) is 0 Å². The number of aromatic hydroxyl groups is 1. The fraction of sp³-hybridized carbons (Fsp3) is 0.111. The minimum absolute atomic E-state index is 0.101. The van der Waals surface area contributed by atoms with Crippen LogP contribution in [0.25, 0.3) is 6.08 Å². The molecule has 0 spiro atoms. The van der Waals surface area contributed by atoms with E-state index < -0.39 is 11.8 Å². The van der Waals surface area contributed by atoms with Crippen LogP contribution in [0.5, 0.6) is 17.2 Å². The molecule has 9 heteroatoms. The Morgan fingerprint density at radius 2 is 1.67 bits per heavy atom. The number of phenolic OH excluding ortho intramolecular Hbond substituents is 1. The number of hydrogen-bond acceptors (Lipinski definition) is 5. The second-order valence-electron chi connectivity index (χ2n) is 5.51. The molecule has 3 rings (SSSR count). The first-order valence-electron chi connectivity index (χ1n) is 7.63. The zero-order chi connectivity index (χ0) is 19.7. The number of hydrazine groups is 1. The molecule has 0 aromatic heterocycles. The molecule has 0 aliphatic carbocycles. The smallest absolute Gasteiger partial charge is 0.282 e. The van der Waals surface area contributed by atoms with Gasteiger partial charge in [-0.1, -0.05) is 23.2 Å². The van der Waals surface area contributed by atoms with Gasteiger partial charge < -0.3 is 14.6 Å². The van der Waals surface area contributed by atoms with Crippen molar-refractivity contribution in [3.63, 3.8) is 0 Å². The maximum atomic E-state index is 12.7. The van der Waals surface area contributed by atoms with Crippen LogP contribution in [0.1, 0.15) is 5.56 Å². The van der Waals surface area contributed by atoms with Gasteiger partial charge in [0, 0.05) is 0 Å². The van der Waals surface area contributed by atoms with Crippen LogP contribution in [-0.2, 0) is 9.59 Å². The summed E-state index contributed by atoms with van der Waals surface area (Å²) in [5.74, 6) is -1.04. The lowest BCUT2D eigenvalue weighted by molar-refractivity contribution is -0.117. The number of nitrogens with one attached hydrogen (secondary N) is 1. The molecule has 0 radical (unpaired) electrons. The Balaban J connectivity index is 1.99. The maximum absolute atomic E-state index is 12.7. The van der Waals surface area contributed by atoms with E-state index in [1.54, 1.807) is 6.07 Å². The minimum atomic E-state index is -0.586. The van der Waals surface area contributed by atoms with Gasteiger partial charge >= 0.3 is 0 Å². The Labute approximate surface area is 164 Å². The molecule has 0 atom stereocenters. The minimum Gasteiger partial charge on any atom is -0.502 e. The van der Waals surface area contributed by atoms with Crippen molar-refractivity contribution in [1.82, 2.24) is 5.43 Å². The van der Waals surface area contributed by atoms with Crippen LogP contribution in [0.15, 0.2) is 35.9 Å². The van der Waals surface area contributed by atoms with E-state index in [1.807, 2.05) is 0 Å². The van der Waals surface area contributed by atoms with Crippen LogP contribution in [0.2, 0.25) is 10.0 Å². The van der Waals surface area contributed by atoms with Crippen molar-refractivity contribution in [1.29, 1.82) is 0 Å². The van der Waals surface area contributed by atoms with Crippen LogP contribution < -0.4 is 19.9 Å². The molecule has 2 N–H and O–H groups in total. The number of anilines is 1. The molecule has 2 amide bonds. The number of methoxy groups -OCH3 is 2.